The Bertz CT molecular complexity index is 358. The number of ether oxygens (including phenoxy) is 2. The molecule has 1 rings (SSSR count). The van der Waals surface area contributed by atoms with Gasteiger partial charge in [-0.15, -0.1) is 0 Å². The van der Waals surface area contributed by atoms with Crippen molar-refractivity contribution in [1.29, 1.82) is 0 Å². The molecule has 1 aromatic rings. The summed E-state index contributed by atoms with van der Waals surface area (Å²) in [6.07, 6.45) is -2.15. The van der Waals surface area contributed by atoms with Gasteiger partial charge in [-0.2, -0.15) is 0 Å². The van der Waals surface area contributed by atoms with Crippen molar-refractivity contribution in [1.82, 2.24) is 0 Å². The molecular weight excluding hydrogens is 244 g/mol. The summed E-state index contributed by atoms with van der Waals surface area (Å²) in [5, 5.41) is 19.8. The van der Waals surface area contributed by atoms with Gasteiger partial charge < -0.3 is 19.7 Å². The van der Waals surface area contributed by atoms with Gasteiger partial charge in [0.25, 0.3) is 0 Å². The van der Waals surface area contributed by atoms with Gasteiger partial charge in [0.1, 0.15) is 18.3 Å². The van der Waals surface area contributed by atoms with E-state index in [-0.39, 0.29) is 6.61 Å². The lowest BCUT2D eigenvalue weighted by atomic mass is 9.99. The summed E-state index contributed by atoms with van der Waals surface area (Å²) in [4.78, 5) is 0. The van der Waals surface area contributed by atoms with E-state index >= 15 is 0 Å². The zero-order valence-electron chi connectivity index (χ0n) is 12.0. The van der Waals surface area contributed by atoms with Gasteiger partial charge >= 0.3 is 0 Å². The molecule has 4 nitrogen and oxygen atoms in total. The molecule has 4 heteroatoms. The van der Waals surface area contributed by atoms with E-state index in [4.69, 9.17) is 9.47 Å². The molecule has 0 amide bonds. The molecule has 0 aliphatic rings. The fourth-order valence-corrected chi connectivity index (χ4v) is 1.98. The van der Waals surface area contributed by atoms with E-state index in [0.29, 0.717) is 0 Å². The predicted octanol–water partition coefficient (Wildman–Crippen LogP) is 1.91. The molecular formula is C15H24O4. The van der Waals surface area contributed by atoms with Crippen LogP contribution in [0.2, 0.25) is 0 Å². The number of aliphatic hydroxyl groups excluding tert-OH is 2. The highest BCUT2D eigenvalue weighted by Crippen LogP contribution is 2.25. The first kappa shape index (κ1) is 16.1. The Balaban J connectivity index is 2.85. The number of benzene rings is 1. The molecule has 0 saturated carbocycles. The molecule has 0 saturated heterocycles. The Kier molecular flexibility index (Phi) is 5.94. The maximum Gasteiger partial charge on any atom is 0.113 e. The number of methoxy groups -OCH3 is 1. The topological polar surface area (TPSA) is 58.9 Å². The van der Waals surface area contributed by atoms with E-state index in [9.17, 15) is 10.2 Å². The van der Waals surface area contributed by atoms with Crippen molar-refractivity contribution in [2.75, 3.05) is 13.7 Å². The van der Waals surface area contributed by atoms with Crippen molar-refractivity contribution in [2.24, 2.45) is 0 Å². The molecule has 0 spiro atoms. The van der Waals surface area contributed by atoms with Crippen LogP contribution < -0.4 is 0 Å². The summed E-state index contributed by atoms with van der Waals surface area (Å²) in [6, 6.07) is 9.42. The van der Waals surface area contributed by atoms with Crippen LogP contribution in [-0.2, 0) is 9.47 Å². The second-order valence-electron chi connectivity index (χ2n) is 5.51. The van der Waals surface area contributed by atoms with E-state index in [1.807, 2.05) is 51.1 Å². The smallest absolute Gasteiger partial charge is 0.113 e. The first-order valence-electron chi connectivity index (χ1n) is 6.43. The molecule has 0 heterocycles. The van der Waals surface area contributed by atoms with Crippen LogP contribution in [0, 0.1) is 0 Å². The molecule has 0 aliphatic carbocycles. The molecule has 0 aromatic heterocycles. The van der Waals surface area contributed by atoms with Crippen molar-refractivity contribution in [3.8, 4) is 0 Å². The first-order valence-corrected chi connectivity index (χ1v) is 6.43. The van der Waals surface area contributed by atoms with Crippen molar-refractivity contribution < 1.29 is 19.7 Å². The summed E-state index contributed by atoms with van der Waals surface area (Å²) < 4.78 is 11.0. The predicted molar refractivity (Wildman–Crippen MR) is 73.9 cm³/mol. The summed E-state index contributed by atoms with van der Waals surface area (Å²) in [5.74, 6) is 0. The lowest BCUT2D eigenvalue weighted by Crippen LogP contribution is -2.42. The van der Waals surface area contributed by atoms with Gasteiger partial charge in [0.05, 0.1) is 12.2 Å². The van der Waals surface area contributed by atoms with Gasteiger partial charge in [0.2, 0.25) is 0 Å². The third kappa shape index (κ3) is 4.91. The number of hydrogen-bond donors (Lipinski definition) is 2. The van der Waals surface area contributed by atoms with E-state index in [1.54, 1.807) is 0 Å². The SMILES string of the molecule is CO[C@H](c1ccccc1)[C@@H](O)[C@@H](CO)OC(C)(C)C. The molecule has 19 heavy (non-hydrogen) atoms. The van der Waals surface area contributed by atoms with Crippen LogP contribution in [0.25, 0.3) is 0 Å². The monoisotopic (exact) mass is 268 g/mol. The van der Waals surface area contributed by atoms with Gasteiger partial charge in [-0.25, -0.2) is 0 Å². The lowest BCUT2D eigenvalue weighted by molar-refractivity contribution is -0.159. The summed E-state index contributed by atoms with van der Waals surface area (Å²) in [5.41, 5.74) is 0.414. The molecule has 3 atom stereocenters. The van der Waals surface area contributed by atoms with Gasteiger partial charge in [-0.3, -0.25) is 0 Å². The van der Waals surface area contributed by atoms with Crippen LogP contribution in [0.5, 0.6) is 0 Å². The molecule has 0 fully saturated rings. The molecule has 108 valence electrons. The van der Waals surface area contributed by atoms with E-state index in [1.165, 1.54) is 7.11 Å². The minimum Gasteiger partial charge on any atom is -0.394 e. The highest BCUT2D eigenvalue weighted by Gasteiger charge is 2.32. The molecule has 1 aromatic carbocycles. The Morgan fingerprint density at radius 2 is 1.74 bits per heavy atom. The minimum atomic E-state index is -0.934. The van der Waals surface area contributed by atoms with Crippen molar-refractivity contribution >= 4 is 0 Å². The molecule has 0 aliphatic heterocycles. The average molecular weight is 268 g/mol. The van der Waals surface area contributed by atoms with Crippen LogP contribution in [0.1, 0.15) is 32.4 Å². The van der Waals surface area contributed by atoms with Gasteiger partial charge in [-0.1, -0.05) is 30.3 Å². The summed E-state index contributed by atoms with van der Waals surface area (Å²) >= 11 is 0. The van der Waals surface area contributed by atoms with E-state index in [2.05, 4.69) is 0 Å². The summed E-state index contributed by atoms with van der Waals surface area (Å²) in [6.45, 7) is 5.39. The highest BCUT2D eigenvalue weighted by atomic mass is 16.5. The Morgan fingerprint density at radius 1 is 1.16 bits per heavy atom. The third-order valence-corrected chi connectivity index (χ3v) is 2.76. The normalized spacial score (nSPS) is 16.9. The third-order valence-electron chi connectivity index (χ3n) is 2.76. The number of hydrogen-bond acceptors (Lipinski definition) is 4. The van der Waals surface area contributed by atoms with E-state index < -0.39 is 23.9 Å². The maximum atomic E-state index is 10.4. The Labute approximate surface area is 115 Å². The van der Waals surface area contributed by atoms with Crippen LogP contribution in [0.3, 0.4) is 0 Å². The molecule has 2 N–H and O–H groups in total. The maximum absolute atomic E-state index is 10.4. The first-order chi connectivity index (χ1) is 8.89. The Morgan fingerprint density at radius 3 is 2.16 bits per heavy atom. The molecule has 0 bridgehead atoms. The van der Waals surface area contributed by atoms with Crippen LogP contribution in [-0.4, -0.2) is 41.7 Å². The lowest BCUT2D eigenvalue weighted by Gasteiger charge is -2.33. The fourth-order valence-electron chi connectivity index (χ4n) is 1.98. The highest BCUT2D eigenvalue weighted by molar-refractivity contribution is 5.19. The zero-order chi connectivity index (χ0) is 14.5. The van der Waals surface area contributed by atoms with Crippen LogP contribution in [0.15, 0.2) is 30.3 Å². The van der Waals surface area contributed by atoms with Crippen LogP contribution in [0.4, 0.5) is 0 Å². The van der Waals surface area contributed by atoms with Gasteiger partial charge in [0.15, 0.2) is 0 Å². The number of rotatable bonds is 6. The number of aliphatic hydroxyl groups is 2. The summed E-state index contributed by atoms with van der Waals surface area (Å²) in [7, 11) is 1.53. The quantitative estimate of drug-likeness (QED) is 0.827. The minimum absolute atomic E-state index is 0.259. The van der Waals surface area contributed by atoms with E-state index in [0.717, 1.165) is 5.56 Å². The van der Waals surface area contributed by atoms with Crippen molar-refractivity contribution in [2.45, 2.75) is 44.7 Å². The Hall–Kier alpha value is -0.940. The van der Waals surface area contributed by atoms with Crippen molar-refractivity contribution in [3.05, 3.63) is 35.9 Å². The standard InChI is InChI=1S/C15H24O4/c1-15(2,3)19-12(10-16)13(17)14(18-4)11-8-6-5-7-9-11/h5-9,12-14,16-17H,10H2,1-4H3/t12-,13+,14-/m1/s1. The fraction of sp³-hybridized carbons (Fsp3) is 0.600. The zero-order valence-corrected chi connectivity index (χ0v) is 12.0. The van der Waals surface area contributed by atoms with Gasteiger partial charge in [0, 0.05) is 7.11 Å². The second kappa shape index (κ2) is 7.01. The van der Waals surface area contributed by atoms with Crippen LogP contribution >= 0.6 is 0 Å². The molecule has 0 unspecified atom stereocenters. The average Bonchev–Trinajstić information content (AvgIpc) is 2.37. The van der Waals surface area contributed by atoms with Gasteiger partial charge in [-0.05, 0) is 26.3 Å². The van der Waals surface area contributed by atoms with Crippen molar-refractivity contribution in [3.63, 3.8) is 0 Å². The second-order valence-corrected chi connectivity index (χ2v) is 5.51. The molecule has 0 radical (unpaired) electrons. The largest absolute Gasteiger partial charge is 0.394 e.